The van der Waals surface area contributed by atoms with Gasteiger partial charge in [-0.3, -0.25) is 4.90 Å². The minimum absolute atomic E-state index is 0. The van der Waals surface area contributed by atoms with E-state index in [-0.39, 0.29) is 22.3 Å². The molecule has 1 aromatic rings. The number of carbonyl (C=O) groups excluding carboxylic acids is 1. The van der Waals surface area contributed by atoms with Crippen molar-refractivity contribution in [2.24, 2.45) is 4.36 Å². The van der Waals surface area contributed by atoms with Gasteiger partial charge >= 0.3 is 6.09 Å². The van der Waals surface area contributed by atoms with Crippen molar-refractivity contribution in [2.75, 3.05) is 12.5 Å². The standard InChI is InChI=1S/C15H22N2O2S.H2O/c1-15(2,3)19-14(18)17-9-11-6-7-13(16-20(4)5)8-12(11)10-17;/h6-8H,9-10H2,1-5H3;1H2. The van der Waals surface area contributed by atoms with Crippen LogP contribution in [0.4, 0.5) is 10.5 Å². The average molecular weight is 312 g/mol. The molecule has 1 aromatic carbocycles. The van der Waals surface area contributed by atoms with Gasteiger partial charge in [0.25, 0.3) is 0 Å². The molecule has 2 N–H and O–H groups in total. The number of hydrogen-bond acceptors (Lipinski definition) is 3. The maximum Gasteiger partial charge on any atom is 0.410 e. The van der Waals surface area contributed by atoms with Crippen LogP contribution in [0, 0.1) is 0 Å². The van der Waals surface area contributed by atoms with Gasteiger partial charge in [-0.2, -0.15) is 0 Å². The molecule has 1 aliphatic rings. The molecule has 1 aliphatic heterocycles. The molecule has 1 heterocycles. The molecule has 0 atom stereocenters. The molecular formula is C15H24N2O3S. The second-order valence-corrected chi connectivity index (χ2v) is 7.88. The van der Waals surface area contributed by atoms with Crippen LogP contribution in [-0.4, -0.2) is 34.6 Å². The highest BCUT2D eigenvalue weighted by atomic mass is 32.2. The molecule has 0 bridgehead atoms. The van der Waals surface area contributed by atoms with Gasteiger partial charge in [0, 0.05) is 13.1 Å². The van der Waals surface area contributed by atoms with Gasteiger partial charge in [-0.1, -0.05) is 6.07 Å². The van der Waals surface area contributed by atoms with E-state index in [9.17, 15) is 4.79 Å². The van der Waals surface area contributed by atoms with Gasteiger partial charge in [-0.25, -0.2) is 9.16 Å². The third-order valence-electron chi connectivity index (χ3n) is 2.85. The van der Waals surface area contributed by atoms with Gasteiger partial charge in [0.1, 0.15) is 5.60 Å². The van der Waals surface area contributed by atoms with E-state index in [4.69, 9.17) is 4.74 Å². The van der Waals surface area contributed by atoms with Crippen LogP contribution >= 0.6 is 0 Å². The summed E-state index contributed by atoms with van der Waals surface area (Å²) < 4.78 is 9.97. The summed E-state index contributed by atoms with van der Waals surface area (Å²) in [6, 6.07) is 6.16. The molecule has 5 nitrogen and oxygen atoms in total. The zero-order chi connectivity index (χ0) is 14.9. The first kappa shape index (κ1) is 17.7. The van der Waals surface area contributed by atoms with E-state index in [1.807, 2.05) is 26.8 Å². The Morgan fingerprint density at radius 1 is 1.24 bits per heavy atom. The second kappa shape index (κ2) is 6.58. The molecule has 21 heavy (non-hydrogen) atoms. The van der Waals surface area contributed by atoms with Crippen molar-refractivity contribution in [3.8, 4) is 0 Å². The lowest BCUT2D eigenvalue weighted by molar-refractivity contribution is 0.0242. The summed E-state index contributed by atoms with van der Waals surface area (Å²) >= 11 is 0. The molecule has 2 rings (SSSR count). The second-order valence-electron chi connectivity index (χ2n) is 6.15. The fraction of sp³-hybridized carbons (Fsp3) is 0.533. The molecule has 0 aromatic heterocycles. The largest absolute Gasteiger partial charge is 0.444 e. The smallest absolute Gasteiger partial charge is 0.410 e. The summed E-state index contributed by atoms with van der Waals surface area (Å²) in [5, 5.41) is 0. The highest BCUT2D eigenvalue weighted by Gasteiger charge is 2.27. The van der Waals surface area contributed by atoms with Crippen LogP contribution in [0.5, 0.6) is 0 Å². The first-order chi connectivity index (χ1) is 9.24. The Labute approximate surface area is 128 Å². The van der Waals surface area contributed by atoms with Crippen LogP contribution in [0.15, 0.2) is 22.6 Å². The van der Waals surface area contributed by atoms with Crippen molar-refractivity contribution in [2.45, 2.75) is 39.5 Å². The highest BCUT2D eigenvalue weighted by molar-refractivity contribution is 7.85. The first-order valence-corrected chi connectivity index (χ1v) is 8.63. The van der Waals surface area contributed by atoms with Gasteiger partial charge in [-0.15, -0.1) is 10.7 Å². The monoisotopic (exact) mass is 312 g/mol. The van der Waals surface area contributed by atoms with E-state index in [0.29, 0.717) is 13.1 Å². The Kier molecular flexibility index (Phi) is 5.53. The summed E-state index contributed by atoms with van der Waals surface area (Å²) in [6.07, 6.45) is 3.92. The van der Waals surface area contributed by atoms with Crippen molar-refractivity contribution in [1.82, 2.24) is 4.90 Å². The topological polar surface area (TPSA) is 73.4 Å². The molecule has 6 heteroatoms. The minimum Gasteiger partial charge on any atom is -0.444 e. The molecule has 0 radical (unpaired) electrons. The Balaban J connectivity index is 0.00000220. The van der Waals surface area contributed by atoms with Crippen LogP contribution in [0.2, 0.25) is 0 Å². The third-order valence-corrected chi connectivity index (χ3v) is 3.43. The fourth-order valence-corrected chi connectivity index (χ4v) is 2.64. The Bertz CT molecular complexity index is 561. The number of nitrogens with zero attached hydrogens (tertiary/aromatic N) is 2. The van der Waals surface area contributed by atoms with Crippen LogP contribution in [0.1, 0.15) is 31.9 Å². The minimum atomic E-state index is -0.453. The molecule has 0 unspecified atom stereocenters. The van der Waals surface area contributed by atoms with E-state index in [0.717, 1.165) is 5.69 Å². The number of ether oxygens (including phenoxy) is 1. The Morgan fingerprint density at radius 2 is 1.86 bits per heavy atom. The fourth-order valence-electron chi connectivity index (χ4n) is 2.10. The van der Waals surface area contributed by atoms with Crippen LogP contribution in [0.3, 0.4) is 0 Å². The zero-order valence-electron chi connectivity index (χ0n) is 13.3. The molecule has 0 saturated carbocycles. The van der Waals surface area contributed by atoms with E-state index in [1.165, 1.54) is 11.1 Å². The highest BCUT2D eigenvalue weighted by Crippen LogP contribution is 2.28. The average Bonchev–Trinajstić information content (AvgIpc) is 2.68. The number of carbonyl (C=O) groups is 1. The van der Waals surface area contributed by atoms with Crippen LogP contribution < -0.4 is 0 Å². The summed E-state index contributed by atoms with van der Waals surface area (Å²) in [5.41, 5.74) is 2.89. The number of amides is 1. The Morgan fingerprint density at radius 3 is 2.43 bits per heavy atom. The number of hydrogen-bond donors (Lipinski definition) is 0. The van der Waals surface area contributed by atoms with Crippen LogP contribution in [-0.2, 0) is 28.5 Å². The number of benzene rings is 1. The third kappa shape index (κ3) is 4.82. The quantitative estimate of drug-likeness (QED) is 0.799. The van der Waals surface area contributed by atoms with Crippen molar-refractivity contribution in [3.05, 3.63) is 29.3 Å². The summed E-state index contributed by atoms with van der Waals surface area (Å²) in [5.74, 6) is 0. The lowest BCUT2D eigenvalue weighted by atomic mass is 10.1. The SMILES string of the molecule is CS(C)=Nc1ccc2c(c1)CN(C(=O)OC(C)(C)C)C2.O. The van der Waals surface area contributed by atoms with Crippen molar-refractivity contribution in [3.63, 3.8) is 0 Å². The van der Waals surface area contributed by atoms with Gasteiger partial charge in [0.2, 0.25) is 0 Å². The van der Waals surface area contributed by atoms with Crippen LogP contribution in [0.25, 0.3) is 0 Å². The van der Waals surface area contributed by atoms with Crippen molar-refractivity contribution < 1.29 is 15.0 Å². The van der Waals surface area contributed by atoms with E-state index in [2.05, 4.69) is 29.0 Å². The summed E-state index contributed by atoms with van der Waals surface area (Å²) in [7, 11) is 0.0258. The molecule has 118 valence electrons. The predicted octanol–water partition coefficient (Wildman–Crippen LogP) is 2.81. The molecule has 0 saturated heterocycles. The Hall–Kier alpha value is -1.40. The summed E-state index contributed by atoms with van der Waals surface area (Å²) in [6.45, 7) is 6.88. The maximum atomic E-state index is 12.1. The lowest BCUT2D eigenvalue weighted by Crippen LogP contribution is -2.33. The van der Waals surface area contributed by atoms with Gasteiger partial charge < -0.3 is 10.2 Å². The van der Waals surface area contributed by atoms with Gasteiger partial charge in [-0.05, 0) is 56.5 Å². The van der Waals surface area contributed by atoms with Crippen molar-refractivity contribution in [1.29, 1.82) is 0 Å². The summed E-state index contributed by atoms with van der Waals surface area (Å²) in [4.78, 5) is 13.8. The first-order valence-electron chi connectivity index (χ1n) is 6.64. The van der Waals surface area contributed by atoms with Crippen molar-refractivity contribution >= 4 is 22.5 Å². The molecule has 0 spiro atoms. The molecular weight excluding hydrogens is 288 g/mol. The number of rotatable bonds is 1. The van der Waals surface area contributed by atoms with E-state index >= 15 is 0 Å². The lowest BCUT2D eigenvalue weighted by Gasteiger charge is -2.24. The number of fused-ring (bicyclic) bond motifs is 1. The predicted molar refractivity (Wildman–Crippen MR) is 86.8 cm³/mol. The van der Waals surface area contributed by atoms with E-state index < -0.39 is 5.60 Å². The maximum absolute atomic E-state index is 12.1. The van der Waals surface area contributed by atoms with Gasteiger partial charge in [0.05, 0.1) is 5.69 Å². The molecule has 1 amide bonds. The van der Waals surface area contributed by atoms with E-state index in [1.54, 1.807) is 4.90 Å². The zero-order valence-corrected chi connectivity index (χ0v) is 14.1. The normalized spacial score (nSPS) is 13.7. The molecule has 0 fully saturated rings. The van der Waals surface area contributed by atoms with Gasteiger partial charge in [0.15, 0.2) is 0 Å². The molecule has 0 aliphatic carbocycles.